The third-order valence-electron chi connectivity index (χ3n) is 6.49. The summed E-state index contributed by atoms with van der Waals surface area (Å²) in [7, 11) is 1.74. The molecule has 0 bridgehead atoms. The standard InChI is InChI=1S/C24H27N5O4.C4H4O4/c1-27(14-11-18-12-15-28(16-13-18)17-19-5-3-2-4-6-19)24(30)22-25-23(33-26-22)20-7-9-21(10-8-20)29(31)32;5-3(6)1-2-4(7)8/h2-10,18H,11-17H2,1H3;1-2H,(H,5,6)(H,7,8). The van der Waals surface area contributed by atoms with Crippen LogP contribution in [0.3, 0.4) is 0 Å². The number of nitro groups is 1. The fraction of sp³-hybridized carbons (Fsp3) is 0.321. The summed E-state index contributed by atoms with van der Waals surface area (Å²) in [5, 5.41) is 30.2. The number of likely N-dealkylation sites (tertiary alicyclic amines) is 1. The van der Waals surface area contributed by atoms with Gasteiger partial charge in [-0.3, -0.25) is 19.8 Å². The van der Waals surface area contributed by atoms with Crippen LogP contribution >= 0.6 is 0 Å². The maximum atomic E-state index is 12.7. The minimum absolute atomic E-state index is 0.0106. The Morgan fingerprint density at radius 3 is 2.22 bits per heavy atom. The van der Waals surface area contributed by atoms with Crippen LogP contribution in [0.4, 0.5) is 5.69 Å². The molecule has 216 valence electrons. The molecule has 1 saturated heterocycles. The fourth-order valence-corrected chi connectivity index (χ4v) is 4.22. The highest BCUT2D eigenvalue weighted by Gasteiger charge is 2.23. The average Bonchev–Trinajstić information content (AvgIpc) is 3.46. The molecule has 41 heavy (non-hydrogen) atoms. The number of benzene rings is 2. The normalized spacial score (nSPS) is 13.8. The van der Waals surface area contributed by atoms with E-state index in [1.165, 1.54) is 29.8 Å². The molecule has 2 N–H and O–H groups in total. The van der Waals surface area contributed by atoms with Crippen molar-refractivity contribution < 1.29 is 34.0 Å². The molecule has 0 radical (unpaired) electrons. The highest BCUT2D eigenvalue weighted by molar-refractivity contribution is 5.90. The predicted molar refractivity (Wildman–Crippen MR) is 147 cm³/mol. The maximum Gasteiger partial charge on any atom is 0.328 e. The van der Waals surface area contributed by atoms with Crippen LogP contribution in [0.1, 0.15) is 35.4 Å². The van der Waals surface area contributed by atoms with Crippen molar-refractivity contribution in [3.63, 3.8) is 0 Å². The predicted octanol–water partition coefficient (Wildman–Crippen LogP) is 3.73. The van der Waals surface area contributed by atoms with E-state index in [0.29, 0.717) is 30.2 Å². The maximum absolute atomic E-state index is 12.7. The van der Waals surface area contributed by atoms with Gasteiger partial charge in [-0.1, -0.05) is 35.5 Å². The van der Waals surface area contributed by atoms with Crippen LogP contribution in [0.2, 0.25) is 0 Å². The summed E-state index contributed by atoms with van der Waals surface area (Å²) >= 11 is 0. The number of carbonyl (C=O) groups is 3. The Kier molecular flexibility index (Phi) is 11.2. The van der Waals surface area contributed by atoms with Crippen molar-refractivity contribution >= 4 is 23.5 Å². The number of aromatic nitrogens is 2. The van der Waals surface area contributed by atoms with Gasteiger partial charge in [-0.2, -0.15) is 4.98 Å². The van der Waals surface area contributed by atoms with Crippen LogP contribution < -0.4 is 0 Å². The van der Waals surface area contributed by atoms with E-state index in [0.717, 1.165) is 38.9 Å². The van der Waals surface area contributed by atoms with Crippen molar-refractivity contribution in [1.82, 2.24) is 19.9 Å². The highest BCUT2D eigenvalue weighted by Crippen LogP contribution is 2.23. The molecule has 1 fully saturated rings. The van der Waals surface area contributed by atoms with E-state index in [1.54, 1.807) is 11.9 Å². The van der Waals surface area contributed by atoms with Crippen molar-refractivity contribution in [3.8, 4) is 11.5 Å². The number of aliphatic carboxylic acids is 2. The van der Waals surface area contributed by atoms with E-state index >= 15 is 0 Å². The van der Waals surface area contributed by atoms with E-state index in [2.05, 4.69) is 39.3 Å². The van der Waals surface area contributed by atoms with Crippen molar-refractivity contribution in [3.05, 3.63) is 88.3 Å². The van der Waals surface area contributed by atoms with E-state index in [9.17, 15) is 24.5 Å². The lowest BCUT2D eigenvalue weighted by Gasteiger charge is -2.32. The van der Waals surface area contributed by atoms with Crippen LogP contribution in [0.5, 0.6) is 0 Å². The van der Waals surface area contributed by atoms with Crippen LogP contribution in [0.25, 0.3) is 11.5 Å². The van der Waals surface area contributed by atoms with Gasteiger partial charge in [-0.15, -0.1) is 0 Å². The Labute approximate surface area is 235 Å². The number of non-ortho nitro benzene ring substituents is 1. The summed E-state index contributed by atoms with van der Waals surface area (Å²) in [4.78, 5) is 50.4. The zero-order valence-electron chi connectivity index (χ0n) is 22.5. The molecule has 2 aromatic carbocycles. The monoisotopic (exact) mass is 565 g/mol. The number of carbonyl (C=O) groups excluding carboxylic acids is 1. The zero-order valence-corrected chi connectivity index (χ0v) is 22.5. The summed E-state index contributed by atoms with van der Waals surface area (Å²) in [6, 6.07) is 16.3. The van der Waals surface area contributed by atoms with Gasteiger partial charge < -0.3 is 19.6 Å². The molecule has 1 aromatic heterocycles. The van der Waals surface area contributed by atoms with Crippen molar-refractivity contribution in [2.45, 2.75) is 25.8 Å². The van der Waals surface area contributed by atoms with E-state index in [4.69, 9.17) is 14.7 Å². The second-order valence-corrected chi connectivity index (χ2v) is 9.46. The lowest BCUT2D eigenvalue weighted by atomic mass is 9.93. The van der Waals surface area contributed by atoms with Gasteiger partial charge in [0.25, 0.3) is 23.3 Å². The molecule has 1 aliphatic rings. The van der Waals surface area contributed by atoms with E-state index in [1.807, 2.05) is 6.07 Å². The first kappa shape index (κ1) is 30.6. The third-order valence-corrected chi connectivity index (χ3v) is 6.49. The number of amides is 1. The largest absolute Gasteiger partial charge is 0.478 e. The lowest BCUT2D eigenvalue weighted by molar-refractivity contribution is -0.384. The Bertz CT molecular complexity index is 1330. The van der Waals surface area contributed by atoms with Gasteiger partial charge in [0.1, 0.15) is 0 Å². The Hall–Kier alpha value is -4.91. The summed E-state index contributed by atoms with van der Waals surface area (Å²) in [5.41, 5.74) is 1.84. The van der Waals surface area contributed by atoms with Crippen LogP contribution in [0, 0.1) is 16.0 Å². The van der Waals surface area contributed by atoms with Crippen molar-refractivity contribution in [2.75, 3.05) is 26.7 Å². The van der Waals surface area contributed by atoms with Gasteiger partial charge in [0.05, 0.1) is 4.92 Å². The van der Waals surface area contributed by atoms with Gasteiger partial charge in [-0.25, -0.2) is 9.59 Å². The molecule has 1 aliphatic heterocycles. The summed E-state index contributed by atoms with van der Waals surface area (Å²) < 4.78 is 5.19. The molecular weight excluding hydrogens is 534 g/mol. The molecule has 0 saturated carbocycles. The fourth-order valence-electron chi connectivity index (χ4n) is 4.22. The van der Waals surface area contributed by atoms with E-state index < -0.39 is 16.9 Å². The summed E-state index contributed by atoms with van der Waals surface area (Å²) in [5.74, 6) is -2.07. The van der Waals surface area contributed by atoms with E-state index in [-0.39, 0.29) is 23.3 Å². The second kappa shape index (κ2) is 15.0. The molecule has 13 heteroatoms. The number of hydrogen-bond acceptors (Lipinski definition) is 9. The molecule has 0 atom stereocenters. The SMILES string of the molecule is CN(CCC1CCN(Cc2ccccc2)CC1)C(=O)c1noc(-c2ccc([N+](=O)[O-])cc2)n1.O=C(O)C=CC(=O)O. The zero-order chi connectivity index (χ0) is 29.8. The lowest BCUT2D eigenvalue weighted by Crippen LogP contribution is -2.35. The number of carboxylic acids is 2. The molecule has 0 aliphatic carbocycles. The Morgan fingerprint density at radius 2 is 1.66 bits per heavy atom. The van der Waals surface area contributed by atoms with Crippen LogP contribution in [-0.4, -0.2) is 79.6 Å². The van der Waals surface area contributed by atoms with Crippen molar-refractivity contribution in [1.29, 1.82) is 0 Å². The molecule has 13 nitrogen and oxygen atoms in total. The second-order valence-electron chi connectivity index (χ2n) is 9.46. The molecule has 1 amide bonds. The minimum Gasteiger partial charge on any atom is -0.478 e. The first-order valence-electron chi connectivity index (χ1n) is 12.9. The highest BCUT2D eigenvalue weighted by atomic mass is 16.6. The van der Waals surface area contributed by atoms with Gasteiger partial charge in [0.15, 0.2) is 0 Å². The van der Waals surface area contributed by atoms with Crippen molar-refractivity contribution in [2.24, 2.45) is 5.92 Å². The summed E-state index contributed by atoms with van der Waals surface area (Å²) in [6.07, 6.45) is 4.31. The van der Waals surface area contributed by atoms with Gasteiger partial charge in [0.2, 0.25) is 0 Å². The van der Waals surface area contributed by atoms with Gasteiger partial charge in [0, 0.05) is 50.0 Å². The number of nitrogens with zero attached hydrogens (tertiary/aromatic N) is 5. The van der Waals surface area contributed by atoms with Crippen LogP contribution in [-0.2, 0) is 16.1 Å². The smallest absolute Gasteiger partial charge is 0.328 e. The molecular formula is C28H31N5O8. The quantitative estimate of drug-likeness (QED) is 0.208. The number of nitro benzene ring substituents is 1. The minimum atomic E-state index is -1.26. The molecule has 0 spiro atoms. The van der Waals surface area contributed by atoms with Gasteiger partial charge >= 0.3 is 11.9 Å². The number of rotatable bonds is 10. The molecule has 3 aromatic rings. The topological polar surface area (TPSA) is 180 Å². The molecule has 4 rings (SSSR count). The molecule has 0 unspecified atom stereocenters. The molecule has 2 heterocycles. The summed E-state index contributed by atoms with van der Waals surface area (Å²) in [6.45, 7) is 3.76. The Morgan fingerprint density at radius 1 is 1.05 bits per heavy atom. The van der Waals surface area contributed by atoms with Gasteiger partial charge in [-0.05, 0) is 56.0 Å². The van der Waals surface area contributed by atoms with Crippen LogP contribution in [0.15, 0.2) is 71.3 Å². The Balaban J connectivity index is 0.000000507. The average molecular weight is 566 g/mol. The third kappa shape index (κ3) is 9.97. The first-order chi connectivity index (χ1) is 19.6. The number of piperidine rings is 1. The number of hydrogen-bond donors (Lipinski definition) is 2. The number of carboxylic acid groups (broad SMARTS) is 2. The first-order valence-corrected chi connectivity index (χ1v) is 12.9.